The van der Waals surface area contributed by atoms with Crippen LogP contribution in [0.3, 0.4) is 0 Å². The fourth-order valence-corrected chi connectivity index (χ4v) is 1.96. The summed E-state index contributed by atoms with van der Waals surface area (Å²) in [6.45, 7) is 4.07. The maximum Gasteiger partial charge on any atom is 0.402 e. The second-order valence-electron chi connectivity index (χ2n) is 5.17. The van der Waals surface area contributed by atoms with Gasteiger partial charge >= 0.3 is 12.1 Å². The summed E-state index contributed by atoms with van der Waals surface area (Å²) < 4.78 is 43.1. The Labute approximate surface area is 120 Å². The van der Waals surface area contributed by atoms with E-state index in [0.29, 0.717) is 12.8 Å². The number of rotatable bonds is 11. The second-order valence-corrected chi connectivity index (χ2v) is 5.17. The van der Waals surface area contributed by atoms with Crippen molar-refractivity contribution in [3.05, 3.63) is 0 Å². The van der Waals surface area contributed by atoms with Crippen LogP contribution < -0.4 is 0 Å². The molecule has 0 aliphatic heterocycles. The predicted octanol–water partition coefficient (Wildman–Crippen LogP) is 5.26. The van der Waals surface area contributed by atoms with Crippen LogP contribution in [-0.2, 0) is 9.53 Å². The van der Waals surface area contributed by atoms with Crippen LogP contribution in [-0.4, -0.2) is 18.8 Å². The van der Waals surface area contributed by atoms with E-state index in [1.165, 1.54) is 0 Å². The van der Waals surface area contributed by atoms with Gasteiger partial charge in [0.1, 0.15) is 0 Å². The molecule has 0 heterocycles. The highest BCUT2D eigenvalue weighted by molar-refractivity contribution is 5.73. The molecule has 0 bridgehead atoms. The van der Waals surface area contributed by atoms with Crippen LogP contribution in [0.5, 0.6) is 0 Å². The molecule has 0 aliphatic carbocycles. The SMILES string of the molecule is CCCCCCCCC(C(=O)OCCCC)C(F)(F)F. The highest BCUT2D eigenvalue weighted by Crippen LogP contribution is 2.31. The summed E-state index contributed by atoms with van der Waals surface area (Å²) in [5.41, 5.74) is 0. The summed E-state index contributed by atoms with van der Waals surface area (Å²) in [5, 5.41) is 0. The van der Waals surface area contributed by atoms with Crippen molar-refractivity contribution in [2.24, 2.45) is 5.92 Å². The summed E-state index contributed by atoms with van der Waals surface area (Å²) in [4.78, 5) is 11.5. The molecule has 20 heavy (non-hydrogen) atoms. The van der Waals surface area contributed by atoms with Crippen LogP contribution >= 0.6 is 0 Å². The Morgan fingerprint density at radius 2 is 1.50 bits per heavy atom. The molecule has 0 spiro atoms. The molecule has 0 aromatic rings. The molecule has 0 saturated heterocycles. The first kappa shape index (κ1) is 19.3. The van der Waals surface area contributed by atoms with Gasteiger partial charge in [0, 0.05) is 0 Å². The third kappa shape index (κ3) is 9.21. The van der Waals surface area contributed by atoms with E-state index in [1.807, 2.05) is 6.92 Å². The summed E-state index contributed by atoms with van der Waals surface area (Å²) in [6, 6.07) is 0. The van der Waals surface area contributed by atoms with Crippen molar-refractivity contribution in [3.63, 3.8) is 0 Å². The van der Waals surface area contributed by atoms with Crippen LogP contribution in [0.15, 0.2) is 0 Å². The lowest BCUT2D eigenvalue weighted by atomic mass is 9.99. The fraction of sp³-hybridized carbons (Fsp3) is 0.933. The number of unbranched alkanes of at least 4 members (excludes halogenated alkanes) is 6. The van der Waals surface area contributed by atoms with E-state index >= 15 is 0 Å². The minimum absolute atomic E-state index is 0.0818. The van der Waals surface area contributed by atoms with Crippen molar-refractivity contribution in [2.75, 3.05) is 6.61 Å². The molecule has 0 saturated carbocycles. The first-order valence-electron chi connectivity index (χ1n) is 7.66. The van der Waals surface area contributed by atoms with E-state index in [2.05, 4.69) is 6.92 Å². The molecule has 0 radical (unpaired) electrons. The Morgan fingerprint density at radius 1 is 0.950 bits per heavy atom. The van der Waals surface area contributed by atoms with Crippen LogP contribution in [0.25, 0.3) is 0 Å². The topological polar surface area (TPSA) is 26.3 Å². The van der Waals surface area contributed by atoms with Gasteiger partial charge in [0.2, 0.25) is 0 Å². The zero-order valence-corrected chi connectivity index (χ0v) is 12.6. The van der Waals surface area contributed by atoms with Gasteiger partial charge in [0.25, 0.3) is 0 Å². The average molecular weight is 296 g/mol. The maximum atomic E-state index is 12.8. The maximum absolute atomic E-state index is 12.8. The third-order valence-electron chi connectivity index (χ3n) is 3.27. The van der Waals surface area contributed by atoms with Gasteiger partial charge in [-0.2, -0.15) is 13.2 Å². The van der Waals surface area contributed by atoms with Crippen LogP contribution in [0, 0.1) is 5.92 Å². The van der Waals surface area contributed by atoms with E-state index in [1.54, 1.807) is 0 Å². The molecule has 2 nitrogen and oxygen atoms in total. The molecule has 1 unspecified atom stereocenters. The zero-order chi connectivity index (χ0) is 15.4. The Hall–Kier alpha value is -0.740. The molecule has 1 atom stereocenters. The summed E-state index contributed by atoms with van der Waals surface area (Å²) in [7, 11) is 0. The number of hydrogen-bond donors (Lipinski definition) is 0. The highest BCUT2D eigenvalue weighted by atomic mass is 19.4. The fourth-order valence-electron chi connectivity index (χ4n) is 1.96. The van der Waals surface area contributed by atoms with Crippen molar-refractivity contribution in [1.29, 1.82) is 0 Å². The molecule has 0 aromatic heterocycles. The van der Waals surface area contributed by atoms with Gasteiger partial charge in [0.15, 0.2) is 5.92 Å². The van der Waals surface area contributed by atoms with E-state index in [9.17, 15) is 18.0 Å². The highest BCUT2D eigenvalue weighted by Gasteiger charge is 2.45. The largest absolute Gasteiger partial charge is 0.465 e. The molecule has 0 rings (SSSR count). The molecular weight excluding hydrogens is 269 g/mol. The monoisotopic (exact) mass is 296 g/mol. The van der Waals surface area contributed by atoms with Crippen LogP contribution in [0.1, 0.15) is 71.6 Å². The lowest BCUT2D eigenvalue weighted by Crippen LogP contribution is -2.32. The molecule has 0 fully saturated rings. The van der Waals surface area contributed by atoms with Crippen LogP contribution in [0.4, 0.5) is 13.2 Å². The smallest absolute Gasteiger partial charge is 0.402 e. The van der Waals surface area contributed by atoms with Crippen molar-refractivity contribution in [2.45, 2.75) is 77.8 Å². The lowest BCUT2D eigenvalue weighted by molar-refractivity contribution is -0.199. The number of carbonyl (C=O) groups is 1. The van der Waals surface area contributed by atoms with Crippen molar-refractivity contribution in [1.82, 2.24) is 0 Å². The normalized spacial score (nSPS) is 13.2. The average Bonchev–Trinajstić information content (AvgIpc) is 2.36. The van der Waals surface area contributed by atoms with E-state index < -0.39 is 18.1 Å². The number of esters is 1. The third-order valence-corrected chi connectivity index (χ3v) is 3.27. The summed E-state index contributed by atoms with van der Waals surface area (Å²) in [6.07, 6.45) is 2.13. The molecule has 5 heteroatoms. The first-order valence-corrected chi connectivity index (χ1v) is 7.66. The first-order chi connectivity index (χ1) is 9.43. The number of ether oxygens (including phenoxy) is 1. The van der Waals surface area contributed by atoms with Gasteiger partial charge in [0.05, 0.1) is 6.61 Å². The van der Waals surface area contributed by atoms with Gasteiger partial charge < -0.3 is 4.74 Å². The second kappa shape index (κ2) is 11.0. The number of alkyl halides is 3. The molecule has 120 valence electrons. The predicted molar refractivity (Wildman–Crippen MR) is 73.4 cm³/mol. The number of carbonyl (C=O) groups excluding carboxylic acids is 1. The number of hydrogen-bond acceptors (Lipinski definition) is 2. The van der Waals surface area contributed by atoms with Crippen molar-refractivity contribution < 1.29 is 22.7 Å². The Balaban J connectivity index is 4.06. The van der Waals surface area contributed by atoms with E-state index in [0.717, 1.165) is 38.5 Å². The van der Waals surface area contributed by atoms with Crippen molar-refractivity contribution in [3.8, 4) is 0 Å². The zero-order valence-electron chi connectivity index (χ0n) is 12.6. The van der Waals surface area contributed by atoms with Gasteiger partial charge in [-0.25, -0.2) is 0 Å². The molecule has 0 amide bonds. The van der Waals surface area contributed by atoms with E-state index in [-0.39, 0.29) is 13.0 Å². The minimum Gasteiger partial charge on any atom is -0.465 e. The Bertz CT molecular complexity index is 252. The van der Waals surface area contributed by atoms with Gasteiger partial charge in [-0.05, 0) is 12.8 Å². The lowest BCUT2D eigenvalue weighted by Gasteiger charge is -2.18. The van der Waals surface area contributed by atoms with E-state index in [4.69, 9.17) is 4.74 Å². The quantitative estimate of drug-likeness (QED) is 0.384. The minimum atomic E-state index is -4.49. The summed E-state index contributed by atoms with van der Waals surface area (Å²) in [5.74, 6) is -3.06. The number of halogens is 3. The molecule has 0 N–H and O–H groups in total. The Morgan fingerprint density at radius 3 is 2.05 bits per heavy atom. The van der Waals surface area contributed by atoms with Gasteiger partial charge in [-0.3, -0.25) is 4.79 Å². The van der Waals surface area contributed by atoms with Gasteiger partial charge in [-0.1, -0.05) is 58.8 Å². The molecule has 0 aliphatic rings. The Kier molecular flexibility index (Phi) is 10.6. The van der Waals surface area contributed by atoms with Crippen molar-refractivity contribution >= 4 is 5.97 Å². The molecule has 0 aromatic carbocycles. The molecular formula is C15H27F3O2. The van der Waals surface area contributed by atoms with Crippen LogP contribution in [0.2, 0.25) is 0 Å². The standard InChI is InChI=1S/C15H27F3O2/c1-3-5-7-8-9-10-11-13(15(16,17)18)14(19)20-12-6-4-2/h13H,3-12H2,1-2H3. The summed E-state index contributed by atoms with van der Waals surface area (Å²) >= 11 is 0. The van der Waals surface area contributed by atoms with Gasteiger partial charge in [-0.15, -0.1) is 0 Å².